The van der Waals surface area contributed by atoms with Crippen molar-refractivity contribution in [3.05, 3.63) is 46.8 Å². The van der Waals surface area contributed by atoms with E-state index in [9.17, 15) is 31.1 Å². The highest BCUT2D eigenvalue weighted by Gasteiger charge is 2.40. The van der Waals surface area contributed by atoms with Crippen LogP contribution in [0.5, 0.6) is 0 Å². The highest BCUT2D eigenvalue weighted by Crippen LogP contribution is 2.29. The third kappa shape index (κ3) is 8.03. The van der Waals surface area contributed by atoms with Crippen LogP contribution >= 0.6 is 7.82 Å². The molecule has 0 aliphatic carbocycles. The average Bonchev–Trinajstić information content (AvgIpc) is 3.11. The summed E-state index contributed by atoms with van der Waals surface area (Å²) in [6.45, 7) is -0.372. The molecule has 0 saturated carbocycles. The van der Waals surface area contributed by atoms with Crippen molar-refractivity contribution >= 4 is 13.7 Å². The summed E-state index contributed by atoms with van der Waals surface area (Å²) in [6, 6.07) is 0.0153. The molecule has 0 radical (unpaired) electrons. The molecule has 0 saturated heterocycles. The van der Waals surface area contributed by atoms with E-state index in [1.54, 1.807) is 0 Å². The van der Waals surface area contributed by atoms with Crippen molar-refractivity contribution in [2.75, 3.05) is 6.54 Å². The first-order valence-electron chi connectivity index (χ1n) is 9.03. The number of hydrogen-bond acceptors (Lipinski definition) is 5. The molecular weight excluding hydrogens is 503 g/mol. The average molecular weight is 523 g/mol. The number of fused-ring (bicyclic) bond motifs is 1. The fraction of sp³-hybridized carbons (Fsp3) is 0.438. The molecule has 1 aromatic carbocycles. The van der Waals surface area contributed by atoms with Gasteiger partial charge in [0.2, 0.25) is 11.7 Å². The second-order valence-corrected chi connectivity index (χ2v) is 7.89. The van der Waals surface area contributed by atoms with Crippen LogP contribution < -0.4 is 5.73 Å². The SMILES string of the molecule is N[C@H](CCc1cc(F)c(F)cc1F)C(=O)N1CCn2c(nnc2C(F)(F)F)C1.O.O=P(O)(O)O. The van der Waals surface area contributed by atoms with Gasteiger partial charge in [0, 0.05) is 19.2 Å². The van der Waals surface area contributed by atoms with Gasteiger partial charge in [0.15, 0.2) is 17.5 Å². The van der Waals surface area contributed by atoms with Crippen molar-refractivity contribution in [2.45, 2.75) is 38.1 Å². The monoisotopic (exact) mass is 523 g/mol. The number of halogens is 6. The number of aryl methyl sites for hydroxylation is 1. The summed E-state index contributed by atoms with van der Waals surface area (Å²) >= 11 is 0. The minimum absolute atomic E-state index is 0. The summed E-state index contributed by atoms with van der Waals surface area (Å²) in [6.07, 6.45) is -4.82. The van der Waals surface area contributed by atoms with E-state index < -0.39 is 49.2 Å². The number of hydrogen-bond donors (Lipinski definition) is 4. The lowest BCUT2D eigenvalue weighted by molar-refractivity contribution is -0.148. The van der Waals surface area contributed by atoms with Crippen LogP contribution in [0.25, 0.3) is 0 Å². The van der Waals surface area contributed by atoms with Gasteiger partial charge in [-0.3, -0.25) is 4.79 Å². The summed E-state index contributed by atoms with van der Waals surface area (Å²) in [4.78, 5) is 35.2. The van der Waals surface area contributed by atoms with Crippen LogP contribution in [0.1, 0.15) is 23.6 Å². The number of phosphoric acid groups is 1. The molecule has 18 heteroatoms. The van der Waals surface area contributed by atoms with Gasteiger partial charge in [-0.05, 0) is 24.5 Å². The van der Waals surface area contributed by atoms with Gasteiger partial charge >= 0.3 is 14.0 Å². The van der Waals surface area contributed by atoms with E-state index in [1.165, 1.54) is 4.90 Å². The van der Waals surface area contributed by atoms with Crippen molar-refractivity contribution in [3.63, 3.8) is 0 Å². The minimum atomic E-state index is -4.65. The van der Waals surface area contributed by atoms with Crippen molar-refractivity contribution in [3.8, 4) is 0 Å². The molecule has 2 aromatic rings. The molecule has 1 amide bonds. The van der Waals surface area contributed by atoms with E-state index in [4.69, 9.17) is 25.0 Å². The number of carbonyl (C=O) groups is 1. The van der Waals surface area contributed by atoms with Crippen LogP contribution in [0.2, 0.25) is 0 Å². The normalized spacial score (nSPS) is 14.5. The van der Waals surface area contributed by atoms with Crippen LogP contribution in [-0.4, -0.2) is 58.3 Å². The molecule has 3 rings (SSSR count). The second kappa shape index (κ2) is 11.2. The Balaban J connectivity index is 0.000000873. The number of carbonyl (C=O) groups excluding carboxylic acids is 1. The highest BCUT2D eigenvalue weighted by atomic mass is 31.2. The largest absolute Gasteiger partial charge is 0.466 e. The lowest BCUT2D eigenvalue weighted by Gasteiger charge is -2.30. The molecule has 11 nitrogen and oxygen atoms in total. The maximum atomic E-state index is 13.6. The van der Waals surface area contributed by atoms with Gasteiger partial charge in [-0.25, -0.2) is 17.7 Å². The van der Waals surface area contributed by atoms with Gasteiger partial charge in [-0.15, -0.1) is 10.2 Å². The molecule has 2 heterocycles. The van der Waals surface area contributed by atoms with E-state index in [1.807, 2.05) is 0 Å². The zero-order chi connectivity index (χ0) is 25.1. The third-order valence-electron chi connectivity index (χ3n) is 4.45. The Bertz CT molecular complexity index is 1050. The van der Waals surface area contributed by atoms with E-state index in [-0.39, 0.29) is 49.3 Å². The molecule has 1 aliphatic rings. The van der Waals surface area contributed by atoms with Crippen LogP contribution in [-0.2, 0) is 35.0 Å². The molecule has 0 spiro atoms. The summed E-state index contributed by atoms with van der Waals surface area (Å²) in [5.41, 5.74) is 5.67. The molecule has 0 bridgehead atoms. The van der Waals surface area contributed by atoms with Crippen LogP contribution in [0, 0.1) is 17.5 Å². The van der Waals surface area contributed by atoms with E-state index in [0.29, 0.717) is 12.1 Å². The summed E-state index contributed by atoms with van der Waals surface area (Å²) in [5.74, 6) is -5.21. The molecule has 1 aliphatic heterocycles. The number of aromatic nitrogens is 3. The number of rotatable bonds is 4. The lowest BCUT2D eigenvalue weighted by atomic mass is 10.0. The van der Waals surface area contributed by atoms with E-state index >= 15 is 0 Å². The fourth-order valence-electron chi connectivity index (χ4n) is 2.98. The van der Waals surface area contributed by atoms with Gasteiger partial charge < -0.3 is 35.4 Å². The van der Waals surface area contributed by atoms with Crippen LogP contribution in [0.3, 0.4) is 0 Å². The maximum Gasteiger partial charge on any atom is 0.466 e. The Morgan fingerprint density at radius 2 is 1.65 bits per heavy atom. The molecule has 34 heavy (non-hydrogen) atoms. The molecule has 0 unspecified atom stereocenters. The van der Waals surface area contributed by atoms with Gasteiger partial charge in [0.05, 0.1) is 12.6 Å². The van der Waals surface area contributed by atoms with E-state index in [2.05, 4.69) is 10.2 Å². The standard InChI is InChI=1S/C16H15F6N5O.H3O4P.H2O/c17-9-6-11(19)10(18)5-8(9)1-2-12(23)14(28)26-3-4-27-13(7-26)24-25-15(27)16(20,21)22;1-5(2,3)4;/h5-6,12H,1-4,7,23H2;(H3,1,2,3,4);1H2/t12-;;/m1../s1. The number of alkyl halides is 3. The zero-order valence-electron chi connectivity index (χ0n) is 17.0. The Morgan fingerprint density at radius 1 is 1.09 bits per heavy atom. The van der Waals surface area contributed by atoms with Crippen molar-refractivity contribution in [2.24, 2.45) is 5.73 Å². The maximum absolute atomic E-state index is 13.6. The van der Waals surface area contributed by atoms with Crippen molar-refractivity contribution in [1.82, 2.24) is 19.7 Å². The number of amides is 1. The van der Waals surface area contributed by atoms with Gasteiger partial charge in [0.25, 0.3) is 0 Å². The van der Waals surface area contributed by atoms with E-state index in [0.717, 1.165) is 4.57 Å². The number of benzene rings is 1. The first-order chi connectivity index (χ1) is 15.1. The molecule has 1 aromatic heterocycles. The lowest BCUT2D eigenvalue weighted by Crippen LogP contribution is -2.47. The minimum Gasteiger partial charge on any atom is -0.412 e. The summed E-state index contributed by atoms with van der Waals surface area (Å²) in [5, 5.41) is 6.59. The molecule has 1 atom stereocenters. The Hall–Kier alpha value is -2.56. The fourth-order valence-corrected chi connectivity index (χ4v) is 2.98. The number of nitrogens with two attached hydrogens (primary N) is 1. The predicted molar refractivity (Wildman–Crippen MR) is 101 cm³/mol. The van der Waals surface area contributed by atoms with Gasteiger partial charge in [0.1, 0.15) is 5.82 Å². The smallest absolute Gasteiger partial charge is 0.412 e. The highest BCUT2D eigenvalue weighted by molar-refractivity contribution is 7.45. The van der Waals surface area contributed by atoms with Crippen LogP contribution in [0.4, 0.5) is 26.3 Å². The first kappa shape index (κ1) is 29.5. The first-order valence-corrected chi connectivity index (χ1v) is 10.6. The summed E-state index contributed by atoms with van der Waals surface area (Å²) in [7, 11) is -4.64. The quantitative estimate of drug-likeness (QED) is 0.250. The molecular formula is C16H20F6N5O6P. The zero-order valence-corrected chi connectivity index (χ0v) is 17.9. The molecule has 192 valence electrons. The third-order valence-corrected chi connectivity index (χ3v) is 4.45. The van der Waals surface area contributed by atoms with Gasteiger partial charge in [-0.1, -0.05) is 0 Å². The Labute approximate surface area is 187 Å². The topological polar surface area (TPSA) is 186 Å². The predicted octanol–water partition coefficient (Wildman–Crippen LogP) is 0.263. The molecule has 0 fully saturated rings. The van der Waals surface area contributed by atoms with Crippen LogP contribution in [0.15, 0.2) is 12.1 Å². The Kier molecular flexibility index (Phi) is 9.75. The second-order valence-electron chi connectivity index (χ2n) is 6.87. The Morgan fingerprint density at radius 3 is 2.21 bits per heavy atom. The summed E-state index contributed by atoms with van der Waals surface area (Å²) < 4.78 is 88.1. The molecule has 7 N–H and O–H groups in total. The van der Waals surface area contributed by atoms with Gasteiger partial charge in [-0.2, -0.15) is 13.2 Å². The van der Waals surface area contributed by atoms with Crippen molar-refractivity contribution in [1.29, 1.82) is 0 Å². The van der Waals surface area contributed by atoms with Crippen molar-refractivity contribution < 1.29 is 55.9 Å². The number of nitrogens with zero attached hydrogens (tertiary/aromatic N) is 4.